The molecular formula is C16H24N2O4. The molecule has 2 rings (SSSR count). The molecule has 122 valence electrons. The van der Waals surface area contributed by atoms with Gasteiger partial charge in [0, 0.05) is 33.4 Å². The first kappa shape index (κ1) is 16.4. The molecule has 1 aliphatic rings. The smallest absolute Gasteiger partial charge is 0.317 e. The summed E-state index contributed by atoms with van der Waals surface area (Å²) in [5, 5.41) is 2.92. The van der Waals surface area contributed by atoms with E-state index in [2.05, 4.69) is 5.32 Å². The first-order valence-corrected chi connectivity index (χ1v) is 7.45. The van der Waals surface area contributed by atoms with Gasteiger partial charge in [0.1, 0.15) is 0 Å². The average molecular weight is 308 g/mol. The van der Waals surface area contributed by atoms with Gasteiger partial charge in [0.25, 0.3) is 0 Å². The van der Waals surface area contributed by atoms with Gasteiger partial charge in [0.05, 0.1) is 14.2 Å². The average Bonchev–Trinajstić information content (AvgIpc) is 2.56. The van der Waals surface area contributed by atoms with Crippen molar-refractivity contribution in [2.75, 3.05) is 41.0 Å². The molecule has 1 heterocycles. The Bertz CT molecular complexity index is 519. The predicted molar refractivity (Wildman–Crippen MR) is 83.6 cm³/mol. The zero-order valence-corrected chi connectivity index (χ0v) is 13.5. The molecule has 2 amide bonds. The van der Waals surface area contributed by atoms with E-state index in [-0.39, 0.29) is 6.03 Å². The molecule has 0 atom stereocenters. The minimum absolute atomic E-state index is 0.0310. The first-order valence-electron chi connectivity index (χ1n) is 7.45. The molecular weight excluding hydrogens is 284 g/mol. The zero-order valence-electron chi connectivity index (χ0n) is 13.5. The summed E-state index contributed by atoms with van der Waals surface area (Å²) >= 11 is 0. The number of hydrogen-bond donors (Lipinski definition) is 1. The van der Waals surface area contributed by atoms with Crippen LogP contribution >= 0.6 is 0 Å². The Morgan fingerprint density at radius 1 is 1.18 bits per heavy atom. The van der Waals surface area contributed by atoms with E-state index in [4.69, 9.17) is 14.2 Å². The van der Waals surface area contributed by atoms with E-state index in [1.807, 2.05) is 17.0 Å². The van der Waals surface area contributed by atoms with Gasteiger partial charge in [0.2, 0.25) is 0 Å². The topological polar surface area (TPSA) is 60.0 Å². The monoisotopic (exact) mass is 308 g/mol. The van der Waals surface area contributed by atoms with Gasteiger partial charge in [0.15, 0.2) is 11.5 Å². The van der Waals surface area contributed by atoms with Crippen LogP contribution in [0.4, 0.5) is 4.79 Å². The van der Waals surface area contributed by atoms with E-state index in [0.717, 1.165) is 24.2 Å². The second-order valence-electron chi connectivity index (χ2n) is 5.23. The second-order valence-corrected chi connectivity index (χ2v) is 5.23. The van der Waals surface area contributed by atoms with E-state index < -0.39 is 0 Å². The molecule has 1 N–H and O–H groups in total. The Morgan fingerprint density at radius 2 is 1.86 bits per heavy atom. The number of nitrogens with zero attached hydrogens (tertiary/aromatic N) is 1. The molecule has 0 saturated heterocycles. The molecule has 1 aliphatic heterocycles. The van der Waals surface area contributed by atoms with Crippen LogP contribution in [0.5, 0.6) is 11.5 Å². The summed E-state index contributed by atoms with van der Waals surface area (Å²) in [6.45, 7) is 2.58. The Labute approximate surface area is 131 Å². The Morgan fingerprint density at radius 3 is 2.50 bits per heavy atom. The molecule has 6 heteroatoms. The normalized spacial score (nSPS) is 13.5. The van der Waals surface area contributed by atoms with Gasteiger partial charge >= 0.3 is 6.03 Å². The Kier molecular flexibility index (Phi) is 5.89. The van der Waals surface area contributed by atoms with Crippen LogP contribution in [-0.2, 0) is 17.7 Å². The fourth-order valence-electron chi connectivity index (χ4n) is 2.58. The molecule has 0 aliphatic carbocycles. The van der Waals surface area contributed by atoms with Crippen LogP contribution < -0.4 is 14.8 Å². The maximum atomic E-state index is 12.2. The number of amides is 2. The third-order valence-electron chi connectivity index (χ3n) is 3.81. The van der Waals surface area contributed by atoms with Crippen molar-refractivity contribution in [3.05, 3.63) is 23.3 Å². The minimum Gasteiger partial charge on any atom is -0.493 e. The fraction of sp³-hybridized carbons (Fsp3) is 0.562. The maximum Gasteiger partial charge on any atom is 0.317 e. The molecule has 0 radical (unpaired) electrons. The van der Waals surface area contributed by atoms with E-state index in [0.29, 0.717) is 32.0 Å². The molecule has 1 aromatic rings. The van der Waals surface area contributed by atoms with Gasteiger partial charge in [-0.1, -0.05) is 0 Å². The van der Waals surface area contributed by atoms with Crippen LogP contribution in [0.3, 0.4) is 0 Å². The molecule has 0 unspecified atom stereocenters. The molecule has 0 bridgehead atoms. The van der Waals surface area contributed by atoms with Crippen LogP contribution in [0.1, 0.15) is 17.5 Å². The fourth-order valence-corrected chi connectivity index (χ4v) is 2.58. The van der Waals surface area contributed by atoms with Gasteiger partial charge in [-0.25, -0.2) is 4.79 Å². The lowest BCUT2D eigenvalue weighted by atomic mass is 9.99. The zero-order chi connectivity index (χ0) is 15.9. The van der Waals surface area contributed by atoms with Crippen LogP contribution in [0.15, 0.2) is 12.1 Å². The molecule has 0 fully saturated rings. The van der Waals surface area contributed by atoms with Crippen LogP contribution in [0.2, 0.25) is 0 Å². The van der Waals surface area contributed by atoms with Crippen molar-refractivity contribution in [2.45, 2.75) is 19.4 Å². The van der Waals surface area contributed by atoms with Gasteiger partial charge in [-0.2, -0.15) is 0 Å². The van der Waals surface area contributed by atoms with Gasteiger partial charge in [-0.05, 0) is 36.1 Å². The van der Waals surface area contributed by atoms with Gasteiger partial charge in [-0.15, -0.1) is 0 Å². The Balaban J connectivity index is 2.00. The molecule has 6 nitrogen and oxygen atoms in total. The third kappa shape index (κ3) is 3.82. The lowest BCUT2D eigenvalue weighted by Gasteiger charge is -2.29. The first-order chi connectivity index (χ1) is 10.7. The van der Waals surface area contributed by atoms with Crippen LogP contribution in [0.25, 0.3) is 0 Å². The number of carbonyl (C=O) groups excluding carboxylic acids is 1. The summed E-state index contributed by atoms with van der Waals surface area (Å²) in [6, 6.07) is 3.93. The molecule has 0 spiro atoms. The SMILES string of the molecule is COCCCNC(=O)N1CCc2cc(OC)c(OC)cc2C1. The quantitative estimate of drug-likeness (QED) is 0.814. The second kappa shape index (κ2) is 7.89. The van der Waals surface area contributed by atoms with E-state index in [9.17, 15) is 4.79 Å². The minimum atomic E-state index is -0.0310. The van der Waals surface area contributed by atoms with E-state index in [1.54, 1.807) is 21.3 Å². The summed E-state index contributed by atoms with van der Waals surface area (Å²) in [5.74, 6) is 1.43. The van der Waals surface area contributed by atoms with Gasteiger partial charge in [-0.3, -0.25) is 0 Å². The summed E-state index contributed by atoms with van der Waals surface area (Å²) < 4.78 is 15.6. The molecule has 0 aromatic heterocycles. The van der Waals surface area contributed by atoms with Crippen molar-refractivity contribution in [3.8, 4) is 11.5 Å². The number of hydrogen-bond acceptors (Lipinski definition) is 4. The third-order valence-corrected chi connectivity index (χ3v) is 3.81. The van der Waals surface area contributed by atoms with E-state index in [1.165, 1.54) is 5.56 Å². The highest BCUT2D eigenvalue weighted by atomic mass is 16.5. The number of methoxy groups -OCH3 is 3. The lowest BCUT2D eigenvalue weighted by molar-refractivity contribution is 0.182. The largest absolute Gasteiger partial charge is 0.493 e. The number of fused-ring (bicyclic) bond motifs is 1. The molecule has 1 aromatic carbocycles. The summed E-state index contributed by atoms with van der Waals surface area (Å²) in [7, 11) is 4.91. The maximum absolute atomic E-state index is 12.2. The highest BCUT2D eigenvalue weighted by Crippen LogP contribution is 2.33. The standard InChI is InChI=1S/C16H24N2O4/c1-20-8-4-6-17-16(19)18-7-5-12-9-14(21-2)15(22-3)10-13(12)11-18/h9-10H,4-8,11H2,1-3H3,(H,17,19). The number of nitrogens with one attached hydrogen (secondary N) is 1. The summed E-state index contributed by atoms with van der Waals surface area (Å²) in [5.41, 5.74) is 2.32. The van der Waals surface area contributed by atoms with Crippen molar-refractivity contribution >= 4 is 6.03 Å². The number of ether oxygens (including phenoxy) is 3. The number of urea groups is 1. The number of benzene rings is 1. The van der Waals surface area contributed by atoms with Crippen molar-refractivity contribution in [1.29, 1.82) is 0 Å². The van der Waals surface area contributed by atoms with Gasteiger partial charge < -0.3 is 24.4 Å². The van der Waals surface area contributed by atoms with E-state index >= 15 is 0 Å². The summed E-state index contributed by atoms with van der Waals surface area (Å²) in [6.07, 6.45) is 1.64. The number of carbonyl (C=O) groups is 1. The molecule has 22 heavy (non-hydrogen) atoms. The number of rotatable bonds is 6. The van der Waals surface area contributed by atoms with Crippen molar-refractivity contribution < 1.29 is 19.0 Å². The predicted octanol–water partition coefficient (Wildman–Crippen LogP) is 1.81. The van der Waals surface area contributed by atoms with Crippen LogP contribution in [0, 0.1) is 0 Å². The highest BCUT2D eigenvalue weighted by Gasteiger charge is 2.22. The van der Waals surface area contributed by atoms with Crippen molar-refractivity contribution in [1.82, 2.24) is 10.2 Å². The van der Waals surface area contributed by atoms with Crippen molar-refractivity contribution in [3.63, 3.8) is 0 Å². The highest BCUT2D eigenvalue weighted by molar-refractivity contribution is 5.74. The Hall–Kier alpha value is -1.95. The lowest BCUT2D eigenvalue weighted by Crippen LogP contribution is -2.43. The van der Waals surface area contributed by atoms with Crippen molar-refractivity contribution in [2.24, 2.45) is 0 Å². The summed E-state index contributed by atoms with van der Waals surface area (Å²) in [4.78, 5) is 14.0. The molecule has 0 saturated carbocycles. The van der Waals surface area contributed by atoms with Crippen LogP contribution in [-0.4, -0.2) is 52.0 Å².